The normalized spacial score (nSPS) is 12.9. The lowest BCUT2D eigenvalue weighted by atomic mass is 10.0. The Morgan fingerprint density at radius 2 is 0.474 bits per heavy atom. The second kappa shape index (κ2) is 77.2. The molecule has 0 aliphatic rings. The third-order valence-electron chi connectivity index (χ3n) is 20.4. The minimum atomic E-state index is -4.64. The van der Waals surface area contributed by atoms with Crippen LogP contribution in [0.1, 0.15) is 483 Å². The van der Waals surface area contributed by atoms with Crippen molar-refractivity contribution >= 4 is 19.8 Å². The molecule has 0 bridgehead atoms. The third-order valence-corrected chi connectivity index (χ3v) is 21.3. The van der Waals surface area contributed by atoms with Gasteiger partial charge in [-0.2, -0.15) is 0 Å². The number of esters is 2. The number of ether oxygens (including phenoxy) is 2. The molecule has 0 aromatic carbocycles. The molecular weight excluding hydrogens is 1190 g/mol. The molecule has 95 heavy (non-hydrogen) atoms. The highest BCUT2D eigenvalue weighted by molar-refractivity contribution is 7.45. The number of hydrogen-bond acceptors (Lipinski definition) is 8. The Morgan fingerprint density at radius 3 is 0.674 bits per heavy atom. The van der Waals surface area contributed by atoms with Crippen LogP contribution in [0, 0.1) is 0 Å². The number of rotatable bonds is 83. The van der Waals surface area contributed by atoms with Gasteiger partial charge in [0.25, 0.3) is 7.82 Å². The second-order valence-corrected chi connectivity index (χ2v) is 32.7. The molecule has 0 amide bonds. The first-order chi connectivity index (χ1) is 46.5. The maximum absolute atomic E-state index is 12.9. The molecule has 0 aliphatic heterocycles. The lowest BCUT2D eigenvalue weighted by molar-refractivity contribution is -0.870. The fraction of sp³-hybridized carbons (Fsp3) is 0.976. The van der Waals surface area contributed by atoms with Crippen LogP contribution in [0.3, 0.4) is 0 Å². The van der Waals surface area contributed by atoms with Gasteiger partial charge in [0.05, 0.1) is 27.7 Å². The average molecular weight is 1370 g/mol. The van der Waals surface area contributed by atoms with E-state index in [4.69, 9.17) is 18.5 Å². The molecule has 0 saturated carbocycles. The Hall–Kier alpha value is -0.990. The Labute approximate surface area is 594 Å². The van der Waals surface area contributed by atoms with Crippen molar-refractivity contribution in [2.45, 2.75) is 489 Å². The average Bonchev–Trinajstić information content (AvgIpc) is 1.81. The van der Waals surface area contributed by atoms with Crippen molar-refractivity contribution in [2.75, 3.05) is 47.5 Å². The quantitative estimate of drug-likeness (QED) is 0.0256. The van der Waals surface area contributed by atoms with Crippen LogP contribution in [-0.2, 0) is 32.7 Å². The number of carbonyl (C=O) groups is 2. The molecule has 0 fully saturated rings. The van der Waals surface area contributed by atoms with Gasteiger partial charge in [-0.15, -0.1) is 0 Å². The van der Waals surface area contributed by atoms with Crippen LogP contribution < -0.4 is 4.89 Å². The van der Waals surface area contributed by atoms with E-state index in [-0.39, 0.29) is 32.0 Å². The van der Waals surface area contributed by atoms with Gasteiger partial charge in [0.15, 0.2) is 6.10 Å². The largest absolute Gasteiger partial charge is 0.756 e. The van der Waals surface area contributed by atoms with E-state index in [9.17, 15) is 19.0 Å². The number of phosphoric ester groups is 1. The van der Waals surface area contributed by atoms with E-state index < -0.39 is 26.5 Å². The van der Waals surface area contributed by atoms with E-state index >= 15 is 0 Å². The summed E-state index contributed by atoms with van der Waals surface area (Å²) in [4.78, 5) is 38.2. The molecule has 2 unspecified atom stereocenters. The Kier molecular flexibility index (Phi) is 76.4. The van der Waals surface area contributed by atoms with Crippen molar-refractivity contribution in [3.63, 3.8) is 0 Å². The first-order valence-corrected chi connectivity index (χ1v) is 44.7. The van der Waals surface area contributed by atoms with Crippen molar-refractivity contribution in [1.82, 2.24) is 0 Å². The van der Waals surface area contributed by atoms with E-state index in [1.807, 2.05) is 21.1 Å². The lowest BCUT2D eigenvalue weighted by Gasteiger charge is -2.28. The summed E-state index contributed by atoms with van der Waals surface area (Å²) in [5.74, 6) is -0.799. The monoisotopic (exact) mass is 1360 g/mol. The van der Waals surface area contributed by atoms with Crippen molar-refractivity contribution in [3.05, 3.63) is 0 Å². The Balaban J connectivity index is 3.82. The number of unbranched alkanes of at least 4 members (excludes halogenated alkanes) is 69. The summed E-state index contributed by atoms with van der Waals surface area (Å²) in [7, 11) is 1.20. The number of nitrogens with zero attached hydrogens (tertiary/aromatic N) is 1. The molecule has 568 valence electrons. The van der Waals surface area contributed by atoms with Gasteiger partial charge in [0.2, 0.25) is 0 Å². The molecule has 9 nitrogen and oxygen atoms in total. The second-order valence-electron chi connectivity index (χ2n) is 31.3. The van der Waals surface area contributed by atoms with Gasteiger partial charge in [0.1, 0.15) is 19.8 Å². The Morgan fingerprint density at radius 1 is 0.284 bits per heavy atom. The molecule has 0 aromatic rings. The van der Waals surface area contributed by atoms with Crippen LogP contribution >= 0.6 is 7.82 Å². The summed E-state index contributed by atoms with van der Waals surface area (Å²) in [6, 6.07) is 0. The van der Waals surface area contributed by atoms with Gasteiger partial charge in [-0.1, -0.05) is 457 Å². The van der Waals surface area contributed by atoms with Gasteiger partial charge in [-0.3, -0.25) is 14.2 Å². The molecule has 0 rings (SSSR count). The van der Waals surface area contributed by atoms with Crippen molar-refractivity contribution in [1.29, 1.82) is 0 Å². The SMILES string of the molecule is CCCCCCCCCCCCCCCCCCCCCCCCCCCCCCCCCCCCCCCCCCCC(=O)OC(COC(=O)CCCCCCCCCCCCCCCCCCCCCCCCCCCCCCCC)COP(=O)([O-])OCC[N+](C)(C)C. The molecule has 0 aromatic heterocycles. The number of quaternary nitrogens is 1. The number of phosphoric acid groups is 1. The first kappa shape index (κ1) is 94.0. The number of hydrogen-bond donors (Lipinski definition) is 0. The van der Waals surface area contributed by atoms with Crippen LogP contribution in [0.4, 0.5) is 0 Å². The van der Waals surface area contributed by atoms with Crippen LogP contribution in [-0.4, -0.2) is 70.0 Å². The molecule has 2 atom stereocenters. The van der Waals surface area contributed by atoms with Crippen molar-refractivity contribution in [2.24, 2.45) is 0 Å². The summed E-state index contributed by atoms with van der Waals surface area (Å²) in [6.07, 6.45) is 97.0. The smallest absolute Gasteiger partial charge is 0.306 e. The molecule has 0 N–H and O–H groups in total. The lowest BCUT2D eigenvalue weighted by Crippen LogP contribution is -2.37. The van der Waals surface area contributed by atoms with Crippen LogP contribution in [0.2, 0.25) is 0 Å². The van der Waals surface area contributed by atoms with E-state index in [0.29, 0.717) is 17.4 Å². The predicted octanol–water partition coefficient (Wildman–Crippen LogP) is 28.2. The van der Waals surface area contributed by atoms with Crippen molar-refractivity contribution in [3.8, 4) is 0 Å². The van der Waals surface area contributed by atoms with E-state index in [2.05, 4.69) is 13.8 Å². The summed E-state index contributed by atoms with van der Waals surface area (Å²) in [5, 5.41) is 0. The zero-order valence-corrected chi connectivity index (χ0v) is 66.1. The van der Waals surface area contributed by atoms with Gasteiger partial charge >= 0.3 is 11.9 Å². The van der Waals surface area contributed by atoms with Crippen molar-refractivity contribution < 1.29 is 42.1 Å². The van der Waals surface area contributed by atoms with E-state index in [0.717, 1.165) is 32.1 Å². The van der Waals surface area contributed by atoms with Gasteiger partial charge in [0, 0.05) is 12.8 Å². The molecule has 0 spiro atoms. The predicted molar refractivity (Wildman–Crippen MR) is 412 cm³/mol. The van der Waals surface area contributed by atoms with E-state index in [1.54, 1.807) is 0 Å². The summed E-state index contributed by atoms with van der Waals surface area (Å²) in [6.45, 7) is 4.36. The maximum atomic E-state index is 12.9. The summed E-state index contributed by atoms with van der Waals surface area (Å²) >= 11 is 0. The van der Waals surface area contributed by atoms with Crippen LogP contribution in [0.5, 0.6) is 0 Å². The van der Waals surface area contributed by atoms with Gasteiger partial charge in [-0.25, -0.2) is 0 Å². The zero-order valence-electron chi connectivity index (χ0n) is 65.2. The highest BCUT2D eigenvalue weighted by Crippen LogP contribution is 2.38. The number of carbonyl (C=O) groups excluding carboxylic acids is 2. The minimum Gasteiger partial charge on any atom is -0.756 e. The van der Waals surface area contributed by atoms with Gasteiger partial charge in [-0.05, 0) is 12.8 Å². The first-order valence-electron chi connectivity index (χ1n) is 43.2. The maximum Gasteiger partial charge on any atom is 0.306 e. The number of likely N-dealkylation sites (N-methyl/N-ethyl adjacent to an activating group) is 1. The van der Waals surface area contributed by atoms with E-state index in [1.165, 1.54) is 417 Å². The van der Waals surface area contributed by atoms with Gasteiger partial charge < -0.3 is 27.9 Å². The van der Waals surface area contributed by atoms with Crippen LogP contribution in [0.25, 0.3) is 0 Å². The molecule has 0 aliphatic carbocycles. The Bertz CT molecular complexity index is 1560. The highest BCUT2D eigenvalue weighted by Gasteiger charge is 2.22. The fourth-order valence-electron chi connectivity index (χ4n) is 13.8. The molecule has 10 heteroatoms. The molecule has 0 saturated heterocycles. The third kappa shape index (κ3) is 81.9. The minimum absolute atomic E-state index is 0.0246. The summed E-state index contributed by atoms with van der Waals surface area (Å²) in [5.41, 5.74) is 0. The topological polar surface area (TPSA) is 111 Å². The standard InChI is InChI=1S/C85H170NO8P/c1-6-8-10-12-14-16-18-20-22-24-26-28-30-32-34-36-38-39-40-41-42-43-44-45-46-47-48-50-52-54-56-58-60-62-64-66-68-70-72-74-76-78-85(88)94-83(82-93-95(89,90)92-80-79-86(3,4)5)81-91-84(87)77-75-73-71-69-67-65-63-61-59-57-55-53-51-49-37-35-33-31-29-27-25-23-21-19-17-15-13-11-9-7-2/h83H,6-82H2,1-5H3. The fourth-order valence-corrected chi connectivity index (χ4v) is 14.5. The van der Waals surface area contributed by atoms with Crippen LogP contribution in [0.15, 0.2) is 0 Å². The highest BCUT2D eigenvalue weighted by atomic mass is 31.2. The molecule has 0 radical (unpaired) electrons. The zero-order chi connectivity index (χ0) is 69.0. The molecular formula is C85H170NO8P. The molecule has 0 heterocycles. The summed E-state index contributed by atoms with van der Waals surface area (Å²) < 4.78 is 34.5.